The van der Waals surface area contributed by atoms with Crippen LogP contribution in [0.15, 0.2) is 77.5 Å². The molecule has 2 aromatic carbocycles. The zero-order valence-electron chi connectivity index (χ0n) is 20.1. The van der Waals surface area contributed by atoms with Crippen LogP contribution in [0.2, 0.25) is 0 Å². The number of anilines is 1. The van der Waals surface area contributed by atoms with Crippen LogP contribution in [0.4, 0.5) is 11.4 Å². The lowest BCUT2D eigenvalue weighted by atomic mass is 10.0. The maximum Gasteiger partial charge on any atom is 0.291 e. The molecule has 0 spiro atoms. The number of nitro groups is 1. The minimum Gasteiger partial charge on any atom is -0.485 e. The van der Waals surface area contributed by atoms with Crippen LogP contribution in [-0.2, 0) is 6.61 Å². The molecule has 2 aromatic heterocycles. The fourth-order valence-electron chi connectivity index (χ4n) is 3.53. The third-order valence-electron chi connectivity index (χ3n) is 5.28. The molecule has 0 bridgehead atoms. The summed E-state index contributed by atoms with van der Waals surface area (Å²) < 4.78 is 17.3. The molecule has 2 heterocycles. The first-order valence-electron chi connectivity index (χ1n) is 11.3. The Bertz CT molecular complexity index is 1380. The van der Waals surface area contributed by atoms with Crippen molar-refractivity contribution < 1.29 is 23.6 Å². The number of nitro benzene ring substituents is 1. The molecule has 4 rings (SSSR count). The molecule has 0 unspecified atom stereocenters. The number of nitrogens with one attached hydrogen (secondary N) is 1. The number of pyridine rings is 1. The molecule has 9 heteroatoms. The van der Waals surface area contributed by atoms with Gasteiger partial charge in [-0.25, -0.2) is 0 Å². The number of rotatable bonds is 9. The summed E-state index contributed by atoms with van der Waals surface area (Å²) in [5, 5.41) is 14.0. The lowest BCUT2D eigenvalue weighted by Crippen LogP contribution is -2.11. The van der Waals surface area contributed by atoms with Crippen LogP contribution < -0.4 is 14.8 Å². The lowest BCUT2D eigenvalue weighted by molar-refractivity contribution is -0.384. The third kappa shape index (κ3) is 6.06. The smallest absolute Gasteiger partial charge is 0.291 e. The molecule has 1 amide bonds. The highest BCUT2D eigenvalue weighted by molar-refractivity contribution is 6.02. The Morgan fingerprint density at radius 1 is 1.11 bits per heavy atom. The fourth-order valence-corrected chi connectivity index (χ4v) is 3.53. The van der Waals surface area contributed by atoms with Crippen molar-refractivity contribution in [2.45, 2.75) is 33.3 Å². The lowest BCUT2D eigenvalue weighted by Gasteiger charge is -2.14. The summed E-state index contributed by atoms with van der Waals surface area (Å²) in [6.45, 7) is 6.33. The third-order valence-corrected chi connectivity index (χ3v) is 5.28. The van der Waals surface area contributed by atoms with Crippen LogP contribution in [0.25, 0.3) is 0 Å². The fraction of sp³-hybridized carbons (Fsp3) is 0.185. The molecule has 0 saturated carbocycles. The summed E-state index contributed by atoms with van der Waals surface area (Å²) in [4.78, 5) is 27.5. The summed E-state index contributed by atoms with van der Waals surface area (Å²) in [5.41, 5.74) is 2.11. The normalized spacial score (nSPS) is 10.8. The van der Waals surface area contributed by atoms with Crippen LogP contribution in [0.3, 0.4) is 0 Å². The molecule has 4 aromatic rings. The number of benzene rings is 2. The summed E-state index contributed by atoms with van der Waals surface area (Å²) in [6.07, 6.45) is 3.06. The number of nitrogens with zero attached hydrogens (tertiary/aromatic N) is 2. The first-order valence-corrected chi connectivity index (χ1v) is 11.3. The second kappa shape index (κ2) is 10.7. The van der Waals surface area contributed by atoms with E-state index in [2.05, 4.69) is 24.1 Å². The number of ether oxygens (including phenoxy) is 2. The van der Waals surface area contributed by atoms with Gasteiger partial charge in [-0.1, -0.05) is 26.0 Å². The predicted octanol–water partition coefficient (Wildman–Crippen LogP) is 6.64. The number of carbonyl (C=O) groups is 1. The van der Waals surface area contributed by atoms with Gasteiger partial charge in [-0.3, -0.25) is 19.9 Å². The van der Waals surface area contributed by atoms with Crippen molar-refractivity contribution in [2.75, 3.05) is 5.32 Å². The maximum atomic E-state index is 12.8. The number of hydrogen-bond acceptors (Lipinski definition) is 7. The van der Waals surface area contributed by atoms with Crippen LogP contribution in [0.5, 0.6) is 17.2 Å². The molecule has 184 valence electrons. The summed E-state index contributed by atoms with van der Waals surface area (Å²) in [5.74, 6) is 1.60. The van der Waals surface area contributed by atoms with E-state index >= 15 is 0 Å². The Morgan fingerprint density at radius 2 is 1.94 bits per heavy atom. The largest absolute Gasteiger partial charge is 0.485 e. The number of hydrogen-bond donors (Lipinski definition) is 1. The first-order chi connectivity index (χ1) is 17.3. The monoisotopic (exact) mass is 487 g/mol. The van der Waals surface area contributed by atoms with Gasteiger partial charge < -0.3 is 19.2 Å². The van der Waals surface area contributed by atoms with Crippen molar-refractivity contribution in [3.05, 3.63) is 106 Å². The van der Waals surface area contributed by atoms with E-state index in [1.807, 2.05) is 25.1 Å². The molecule has 0 atom stereocenters. The Balaban J connectivity index is 1.46. The Kier molecular flexibility index (Phi) is 7.29. The van der Waals surface area contributed by atoms with Crippen LogP contribution in [-0.4, -0.2) is 15.8 Å². The predicted molar refractivity (Wildman–Crippen MR) is 134 cm³/mol. The van der Waals surface area contributed by atoms with Crippen molar-refractivity contribution >= 4 is 17.3 Å². The highest BCUT2D eigenvalue weighted by atomic mass is 16.6. The highest BCUT2D eigenvalue weighted by Crippen LogP contribution is 2.30. The maximum absolute atomic E-state index is 12.8. The summed E-state index contributed by atoms with van der Waals surface area (Å²) in [7, 11) is 0. The molecular formula is C27H25N3O6. The number of furan rings is 1. The molecular weight excluding hydrogens is 462 g/mol. The minimum absolute atomic E-state index is 0.0446. The second-order valence-electron chi connectivity index (χ2n) is 8.47. The molecule has 0 aliphatic rings. The van der Waals surface area contributed by atoms with E-state index in [9.17, 15) is 14.9 Å². The number of carbonyl (C=O) groups excluding carboxylic acids is 1. The van der Waals surface area contributed by atoms with E-state index in [-0.39, 0.29) is 29.5 Å². The quantitative estimate of drug-likeness (QED) is 0.208. The average Bonchev–Trinajstić information content (AvgIpc) is 3.32. The molecule has 0 fully saturated rings. The standard InChI is InChI=1S/C27H25N3O6/c1-17(2)24-8-6-18(3)11-26(24)34-16-22-7-9-25(36-22)27(31)29-19-12-20(30(32)33)14-23(13-19)35-21-5-4-10-28-15-21/h4-15,17H,16H2,1-3H3,(H,29,31). The van der Waals surface area contributed by atoms with E-state index in [1.165, 1.54) is 30.5 Å². The zero-order valence-corrected chi connectivity index (χ0v) is 20.1. The van der Waals surface area contributed by atoms with Gasteiger partial charge in [-0.05, 0) is 54.3 Å². The highest BCUT2D eigenvalue weighted by Gasteiger charge is 2.17. The Labute approximate surface area is 207 Å². The van der Waals surface area contributed by atoms with Gasteiger partial charge >= 0.3 is 0 Å². The van der Waals surface area contributed by atoms with E-state index in [0.717, 1.165) is 16.9 Å². The van der Waals surface area contributed by atoms with Crippen molar-refractivity contribution in [2.24, 2.45) is 0 Å². The van der Waals surface area contributed by atoms with E-state index < -0.39 is 10.8 Å². The molecule has 0 radical (unpaired) electrons. The topological polar surface area (TPSA) is 117 Å². The van der Waals surface area contributed by atoms with Gasteiger partial charge in [-0.15, -0.1) is 0 Å². The second-order valence-corrected chi connectivity index (χ2v) is 8.47. The van der Waals surface area contributed by atoms with Crippen LogP contribution >= 0.6 is 0 Å². The average molecular weight is 488 g/mol. The molecule has 0 aliphatic carbocycles. The Hall–Kier alpha value is -4.66. The van der Waals surface area contributed by atoms with Gasteiger partial charge in [0.25, 0.3) is 11.6 Å². The molecule has 1 N–H and O–H groups in total. The van der Waals surface area contributed by atoms with E-state index in [1.54, 1.807) is 24.4 Å². The van der Waals surface area contributed by atoms with Gasteiger partial charge in [0.15, 0.2) is 5.76 Å². The van der Waals surface area contributed by atoms with Gasteiger partial charge in [-0.2, -0.15) is 0 Å². The minimum atomic E-state index is -0.565. The number of aromatic nitrogens is 1. The molecule has 36 heavy (non-hydrogen) atoms. The van der Waals surface area contributed by atoms with Crippen molar-refractivity contribution in [1.29, 1.82) is 0 Å². The molecule has 0 aliphatic heterocycles. The van der Waals surface area contributed by atoms with Crippen molar-refractivity contribution in [1.82, 2.24) is 4.98 Å². The number of aryl methyl sites for hydroxylation is 1. The van der Waals surface area contributed by atoms with E-state index in [0.29, 0.717) is 17.4 Å². The van der Waals surface area contributed by atoms with Gasteiger partial charge in [0.2, 0.25) is 0 Å². The molecule has 0 saturated heterocycles. The zero-order chi connectivity index (χ0) is 25.7. The van der Waals surface area contributed by atoms with Crippen LogP contribution in [0.1, 0.15) is 47.2 Å². The van der Waals surface area contributed by atoms with Gasteiger partial charge in [0.1, 0.15) is 29.6 Å². The van der Waals surface area contributed by atoms with Crippen molar-refractivity contribution in [3.8, 4) is 17.2 Å². The molecule has 9 nitrogen and oxygen atoms in total. The summed E-state index contributed by atoms with van der Waals surface area (Å²) in [6, 6.07) is 16.6. The summed E-state index contributed by atoms with van der Waals surface area (Å²) >= 11 is 0. The van der Waals surface area contributed by atoms with Crippen LogP contribution in [0, 0.1) is 17.0 Å². The van der Waals surface area contributed by atoms with E-state index in [4.69, 9.17) is 13.9 Å². The first kappa shape index (κ1) is 24.5. The van der Waals surface area contributed by atoms with Gasteiger partial charge in [0, 0.05) is 18.3 Å². The number of amides is 1. The van der Waals surface area contributed by atoms with Crippen molar-refractivity contribution in [3.63, 3.8) is 0 Å². The Morgan fingerprint density at radius 3 is 2.67 bits per heavy atom. The van der Waals surface area contributed by atoms with Gasteiger partial charge in [0.05, 0.1) is 22.9 Å². The number of non-ortho nitro benzene ring substituents is 1. The SMILES string of the molecule is Cc1ccc(C(C)C)c(OCc2ccc(C(=O)Nc3cc(Oc4cccnc4)cc([N+](=O)[O-])c3)o2)c1.